The third kappa shape index (κ3) is 5.54. The highest BCUT2D eigenvalue weighted by atomic mass is 16.5. The van der Waals surface area contributed by atoms with E-state index >= 15 is 0 Å². The van der Waals surface area contributed by atoms with Gasteiger partial charge in [0.05, 0.1) is 12.1 Å². The number of rotatable bonds is 6. The number of likely N-dealkylation sites (tertiary alicyclic amines) is 1. The summed E-state index contributed by atoms with van der Waals surface area (Å²) in [7, 11) is 0. The Balaban J connectivity index is 2.20. The van der Waals surface area contributed by atoms with Crippen molar-refractivity contribution in [1.82, 2.24) is 10.2 Å². The highest BCUT2D eigenvalue weighted by molar-refractivity contribution is 4.90. The molecule has 17 heavy (non-hydrogen) atoms. The van der Waals surface area contributed by atoms with Crippen molar-refractivity contribution in [2.45, 2.75) is 45.3 Å². The molecule has 0 aromatic carbocycles. The molecule has 1 fully saturated rings. The SMILES string of the molecule is C#CCN1CCC(NCC(C)(C)OCC)CC1. The Labute approximate surface area is 106 Å². The van der Waals surface area contributed by atoms with Crippen LogP contribution in [0.15, 0.2) is 0 Å². The van der Waals surface area contributed by atoms with Crippen LogP contribution in [0, 0.1) is 12.3 Å². The van der Waals surface area contributed by atoms with Gasteiger partial charge in [-0.1, -0.05) is 5.92 Å². The molecule has 0 amide bonds. The molecule has 0 bridgehead atoms. The molecular formula is C14H26N2O. The van der Waals surface area contributed by atoms with E-state index in [1.807, 2.05) is 6.92 Å². The van der Waals surface area contributed by atoms with Gasteiger partial charge in [-0.2, -0.15) is 0 Å². The fourth-order valence-corrected chi connectivity index (χ4v) is 2.26. The quantitative estimate of drug-likeness (QED) is 0.710. The summed E-state index contributed by atoms with van der Waals surface area (Å²) >= 11 is 0. The van der Waals surface area contributed by atoms with Gasteiger partial charge in [-0.15, -0.1) is 6.42 Å². The first-order chi connectivity index (χ1) is 8.07. The minimum absolute atomic E-state index is 0.0648. The number of hydrogen-bond donors (Lipinski definition) is 1. The van der Waals surface area contributed by atoms with Crippen molar-refractivity contribution in [1.29, 1.82) is 0 Å². The molecule has 0 aliphatic carbocycles. The van der Waals surface area contributed by atoms with Crippen LogP contribution >= 0.6 is 0 Å². The van der Waals surface area contributed by atoms with Crippen LogP contribution < -0.4 is 5.32 Å². The van der Waals surface area contributed by atoms with E-state index in [0.717, 1.165) is 32.8 Å². The molecule has 1 heterocycles. The van der Waals surface area contributed by atoms with E-state index in [4.69, 9.17) is 11.2 Å². The molecule has 3 heteroatoms. The van der Waals surface area contributed by atoms with Crippen molar-refractivity contribution in [2.24, 2.45) is 0 Å². The molecule has 98 valence electrons. The topological polar surface area (TPSA) is 24.5 Å². The number of terminal acetylenes is 1. The van der Waals surface area contributed by atoms with Gasteiger partial charge in [-0.05, 0) is 33.6 Å². The van der Waals surface area contributed by atoms with Crippen molar-refractivity contribution >= 4 is 0 Å². The van der Waals surface area contributed by atoms with Gasteiger partial charge in [0.25, 0.3) is 0 Å². The highest BCUT2D eigenvalue weighted by Crippen LogP contribution is 2.12. The van der Waals surface area contributed by atoms with Crippen LogP contribution in [-0.2, 0) is 4.74 Å². The maximum Gasteiger partial charge on any atom is 0.0750 e. The molecule has 0 spiro atoms. The van der Waals surface area contributed by atoms with E-state index in [-0.39, 0.29) is 5.60 Å². The van der Waals surface area contributed by atoms with E-state index in [0.29, 0.717) is 6.04 Å². The minimum atomic E-state index is -0.0648. The molecule has 0 aromatic rings. The molecule has 0 radical (unpaired) electrons. The van der Waals surface area contributed by atoms with E-state index in [1.54, 1.807) is 0 Å². The van der Waals surface area contributed by atoms with Gasteiger partial charge in [-0.3, -0.25) is 4.90 Å². The molecule has 0 aromatic heterocycles. The number of nitrogens with zero attached hydrogens (tertiary/aromatic N) is 1. The summed E-state index contributed by atoms with van der Waals surface area (Å²) in [6, 6.07) is 0.615. The Morgan fingerprint density at radius 1 is 1.41 bits per heavy atom. The monoisotopic (exact) mass is 238 g/mol. The molecule has 1 N–H and O–H groups in total. The van der Waals surface area contributed by atoms with Gasteiger partial charge in [0.1, 0.15) is 0 Å². The number of piperidine rings is 1. The lowest BCUT2D eigenvalue weighted by atomic mass is 10.0. The van der Waals surface area contributed by atoms with Gasteiger partial charge in [-0.25, -0.2) is 0 Å². The molecular weight excluding hydrogens is 212 g/mol. The van der Waals surface area contributed by atoms with E-state index in [9.17, 15) is 0 Å². The fourth-order valence-electron chi connectivity index (χ4n) is 2.26. The lowest BCUT2D eigenvalue weighted by molar-refractivity contribution is -0.0118. The van der Waals surface area contributed by atoms with Crippen LogP contribution in [0.1, 0.15) is 33.6 Å². The predicted octanol–water partition coefficient (Wildman–Crippen LogP) is 1.49. The van der Waals surface area contributed by atoms with Crippen molar-refractivity contribution in [3.63, 3.8) is 0 Å². The first-order valence-electron chi connectivity index (χ1n) is 6.60. The Morgan fingerprint density at radius 2 is 2.06 bits per heavy atom. The van der Waals surface area contributed by atoms with E-state index in [1.165, 1.54) is 12.8 Å². The van der Waals surface area contributed by atoms with Crippen LogP contribution in [0.5, 0.6) is 0 Å². The molecule has 1 aliphatic rings. The summed E-state index contributed by atoms with van der Waals surface area (Å²) in [5.41, 5.74) is -0.0648. The van der Waals surface area contributed by atoms with Crippen molar-refractivity contribution in [3.8, 4) is 12.3 Å². The van der Waals surface area contributed by atoms with Gasteiger partial charge in [0, 0.05) is 32.3 Å². The predicted molar refractivity (Wildman–Crippen MR) is 72.0 cm³/mol. The molecule has 0 unspecified atom stereocenters. The Bertz CT molecular complexity index is 249. The smallest absolute Gasteiger partial charge is 0.0750 e. The molecule has 1 aliphatic heterocycles. The van der Waals surface area contributed by atoms with Gasteiger partial charge < -0.3 is 10.1 Å². The zero-order valence-electron chi connectivity index (χ0n) is 11.5. The van der Waals surface area contributed by atoms with Gasteiger partial charge >= 0.3 is 0 Å². The molecule has 0 atom stereocenters. The molecule has 1 saturated heterocycles. The third-order valence-electron chi connectivity index (χ3n) is 3.25. The second-order valence-corrected chi connectivity index (χ2v) is 5.33. The summed E-state index contributed by atoms with van der Waals surface area (Å²) in [6.07, 6.45) is 7.69. The average molecular weight is 238 g/mol. The Morgan fingerprint density at radius 3 is 2.59 bits per heavy atom. The molecule has 1 rings (SSSR count). The number of hydrogen-bond acceptors (Lipinski definition) is 3. The fraction of sp³-hybridized carbons (Fsp3) is 0.857. The second-order valence-electron chi connectivity index (χ2n) is 5.33. The Hall–Kier alpha value is -0.560. The summed E-state index contributed by atoms with van der Waals surface area (Å²) < 4.78 is 5.68. The zero-order valence-corrected chi connectivity index (χ0v) is 11.5. The lowest BCUT2D eigenvalue weighted by Crippen LogP contribution is -2.47. The normalized spacial score (nSPS) is 19.2. The number of nitrogens with one attached hydrogen (secondary N) is 1. The van der Waals surface area contributed by atoms with Crippen LogP contribution in [0.4, 0.5) is 0 Å². The standard InChI is InChI=1S/C14H26N2O/c1-5-9-16-10-7-13(8-11-16)15-12-14(3,4)17-6-2/h1,13,15H,6-12H2,2-4H3. The van der Waals surface area contributed by atoms with Crippen molar-refractivity contribution in [3.05, 3.63) is 0 Å². The molecule has 0 saturated carbocycles. The summed E-state index contributed by atoms with van der Waals surface area (Å²) in [4.78, 5) is 2.34. The number of ether oxygens (including phenoxy) is 1. The van der Waals surface area contributed by atoms with Crippen LogP contribution in [0.3, 0.4) is 0 Å². The van der Waals surface area contributed by atoms with Gasteiger partial charge in [0.15, 0.2) is 0 Å². The van der Waals surface area contributed by atoms with E-state index in [2.05, 4.69) is 30.0 Å². The van der Waals surface area contributed by atoms with Gasteiger partial charge in [0.2, 0.25) is 0 Å². The lowest BCUT2D eigenvalue weighted by Gasteiger charge is -2.33. The van der Waals surface area contributed by atoms with Crippen LogP contribution in [0.25, 0.3) is 0 Å². The maximum atomic E-state index is 5.68. The summed E-state index contributed by atoms with van der Waals surface area (Å²) in [6.45, 7) is 11.0. The van der Waals surface area contributed by atoms with E-state index < -0.39 is 0 Å². The van der Waals surface area contributed by atoms with Crippen LogP contribution in [0.2, 0.25) is 0 Å². The minimum Gasteiger partial charge on any atom is -0.375 e. The largest absolute Gasteiger partial charge is 0.375 e. The van der Waals surface area contributed by atoms with Crippen molar-refractivity contribution < 1.29 is 4.74 Å². The molecule has 3 nitrogen and oxygen atoms in total. The Kier molecular flexibility index (Phi) is 5.97. The summed E-state index contributed by atoms with van der Waals surface area (Å²) in [5, 5.41) is 3.61. The first-order valence-corrected chi connectivity index (χ1v) is 6.60. The highest BCUT2D eigenvalue weighted by Gasteiger charge is 2.22. The average Bonchev–Trinajstić information content (AvgIpc) is 2.29. The van der Waals surface area contributed by atoms with Crippen molar-refractivity contribution in [2.75, 3.05) is 32.8 Å². The zero-order chi connectivity index (χ0) is 12.7. The first kappa shape index (κ1) is 14.5. The second kappa shape index (κ2) is 7.00. The third-order valence-corrected chi connectivity index (χ3v) is 3.25. The summed E-state index contributed by atoms with van der Waals surface area (Å²) in [5.74, 6) is 2.71. The maximum absolute atomic E-state index is 5.68. The van der Waals surface area contributed by atoms with Crippen LogP contribution in [-0.4, -0.2) is 49.3 Å².